The summed E-state index contributed by atoms with van der Waals surface area (Å²) in [5.74, 6) is 2.71. The predicted molar refractivity (Wildman–Crippen MR) is 93.8 cm³/mol. The van der Waals surface area contributed by atoms with Crippen LogP contribution in [0.5, 0.6) is 0 Å². The molecule has 3 aromatic rings. The smallest absolute Gasteiger partial charge is 0.236 e. The normalized spacial score (nSPS) is 19.0. The Morgan fingerprint density at radius 3 is 3.12 bits per heavy atom. The number of imidazole rings is 1. The van der Waals surface area contributed by atoms with E-state index in [0.29, 0.717) is 0 Å². The first-order valence-electron chi connectivity index (χ1n) is 8.14. The van der Waals surface area contributed by atoms with Crippen LogP contribution in [0.3, 0.4) is 0 Å². The lowest BCUT2D eigenvalue weighted by atomic mass is 10.1. The van der Waals surface area contributed by atoms with Crippen molar-refractivity contribution in [2.75, 3.05) is 19.6 Å². The number of nitrogens with one attached hydrogen (secondary N) is 1. The molecule has 4 heterocycles. The molecule has 0 aliphatic carbocycles. The van der Waals surface area contributed by atoms with Gasteiger partial charge in [-0.25, -0.2) is 9.97 Å². The van der Waals surface area contributed by atoms with E-state index in [4.69, 9.17) is 9.40 Å². The zero-order valence-corrected chi connectivity index (χ0v) is 14.7. The summed E-state index contributed by atoms with van der Waals surface area (Å²) in [7, 11) is 2.05. The molecular formula is C17H21N5OS. The Morgan fingerprint density at radius 1 is 1.46 bits per heavy atom. The summed E-state index contributed by atoms with van der Waals surface area (Å²) in [4.78, 5) is 12.8. The van der Waals surface area contributed by atoms with E-state index in [-0.39, 0.29) is 6.04 Å². The fourth-order valence-electron chi connectivity index (χ4n) is 3.16. The van der Waals surface area contributed by atoms with Crippen LogP contribution < -0.4 is 5.32 Å². The van der Waals surface area contributed by atoms with E-state index in [1.165, 1.54) is 0 Å². The summed E-state index contributed by atoms with van der Waals surface area (Å²) in [5.41, 5.74) is 1.01. The third-order valence-corrected chi connectivity index (χ3v) is 5.35. The van der Waals surface area contributed by atoms with E-state index < -0.39 is 0 Å². The van der Waals surface area contributed by atoms with Crippen molar-refractivity contribution in [3.63, 3.8) is 0 Å². The molecule has 1 fully saturated rings. The fraction of sp³-hybridized carbons (Fsp3) is 0.412. The Bertz CT molecular complexity index is 807. The van der Waals surface area contributed by atoms with Crippen molar-refractivity contribution in [3.8, 4) is 10.8 Å². The highest BCUT2D eigenvalue weighted by Crippen LogP contribution is 2.28. The molecule has 7 heteroatoms. The van der Waals surface area contributed by atoms with Crippen molar-refractivity contribution in [1.29, 1.82) is 0 Å². The third-order valence-electron chi connectivity index (χ3n) is 4.49. The maximum absolute atomic E-state index is 5.89. The number of nitrogens with zero attached hydrogens (tertiary/aromatic N) is 4. The molecule has 1 N–H and O–H groups in total. The molecule has 0 radical (unpaired) electrons. The lowest BCUT2D eigenvalue weighted by molar-refractivity contribution is 0.142. The Morgan fingerprint density at radius 2 is 2.38 bits per heavy atom. The van der Waals surface area contributed by atoms with Gasteiger partial charge >= 0.3 is 0 Å². The van der Waals surface area contributed by atoms with Crippen molar-refractivity contribution < 1.29 is 4.42 Å². The van der Waals surface area contributed by atoms with Gasteiger partial charge in [-0.1, -0.05) is 6.07 Å². The van der Waals surface area contributed by atoms with Crippen LogP contribution in [0.25, 0.3) is 10.8 Å². The van der Waals surface area contributed by atoms with Crippen LogP contribution in [0.1, 0.15) is 23.3 Å². The topological polar surface area (TPSA) is 59.1 Å². The number of piperazine rings is 1. The van der Waals surface area contributed by atoms with Gasteiger partial charge < -0.3 is 14.3 Å². The zero-order valence-electron chi connectivity index (χ0n) is 13.9. The van der Waals surface area contributed by atoms with E-state index in [1.807, 2.05) is 43.9 Å². The van der Waals surface area contributed by atoms with Crippen molar-refractivity contribution in [2.45, 2.75) is 19.5 Å². The quantitative estimate of drug-likeness (QED) is 0.789. The van der Waals surface area contributed by atoms with Crippen LogP contribution in [0.2, 0.25) is 0 Å². The van der Waals surface area contributed by atoms with Gasteiger partial charge in [0.05, 0.1) is 16.6 Å². The van der Waals surface area contributed by atoms with Crippen LogP contribution in [0, 0.1) is 6.92 Å². The maximum atomic E-state index is 5.89. The number of hydrogen-bond donors (Lipinski definition) is 1. The van der Waals surface area contributed by atoms with E-state index in [9.17, 15) is 0 Å². The van der Waals surface area contributed by atoms with Crippen molar-refractivity contribution in [3.05, 3.63) is 47.2 Å². The highest BCUT2D eigenvalue weighted by atomic mass is 32.1. The number of aromatic nitrogens is 3. The van der Waals surface area contributed by atoms with Crippen LogP contribution in [-0.2, 0) is 13.6 Å². The molecule has 6 nitrogen and oxygen atoms in total. The minimum atomic E-state index is 0.250. The Balaban J connectivity index is 1.58. The SMILES string of the molecule is Cc1oc(-c2cccs2)nc1CN1CCNCC1c1nccn1C. The summed E-state index contributed by atoms with van der Waals surface area (Å²) < 4.78 is 7.98. The van der Waals surface area contributed by atoms with E-state index in [2.05, 4.69) is 19.8 Å². The standard InChI is InChI=1S/C17H21N5OS/c1-12-13(20-17(23-12)15-4-3-9-24-15)11-22-8-5-18-10-14(22)16-19-6-7-21(16)2/h3-4,6-7,9,14,18H,5,8,10-11H2,1-2H3. The minimum absolute atomic E-state index is 0.250. The molecule has 1 saturated heterocycles. The highest BCUT2D eigenvalue weighted by Gasteiger charge is 2.28. The lowest BCUT2D eigenvalue weighted by Gasteiger charge is -2.35. The molecule has 0 spiro atoms. The molecule has 0 amide bonds. The summed E-state index contributed by atoms with van der Waals surface area (Å²) in [6, 6.07) is 4.31. The largest absolute Gasteiger partial charge is 0.440 e. The first-order valence-corrected chi connectivity index (χ1v) is 9.02. The maximum Gasteiger partial charge on any atom is 0.236 e. The molecule has 4 rings (SSSR count). The first kappa shape index (κ1) is 15.6. The number of hydrogen-bond acceptors (Lipinski definition) is 6. The Hall–Kier alpha value is -1.96. The van der Waals surface area contributed by atoms with Gasteiger partial charge in [0, 0.05) is 45.6 Å². The average Bonchev–Trinajstić information content (AvgIpc) is 3.30. The Labute approximate surface area is 145 Å². The average molecular weight is 343 g/mol. The van der Waals surface area contributed by atoms with Gasteiger partial charge in [0.2, 0.25) is 5.89 Å². The van der Waals surface area contributed by atoms with Crippen LogP contribution in [0.15, 0.2) is 34.3 Å². The van der Waals surface area contributed by atoms with Crippen LogP contribution >= 0.6 is 11.3 Å². The third kappa shape index (κ3) is 2.90. The lowest BCUT2D eigenvalue weighted by Crippen LogP contribution is -2.46. The predicted octanol–water partition coefficient (Wildman–Crippen LogP) is 2.59. The highest BCUT2D eigenvalue weighted by molar-refractivity contribution is 7.13. The molecule has 0 aromatic carbocycles. The van der Waals surface area contributed by atoms with Gasteiger partial charge in [-0.15, -0.1) is 11.3 Å². The van der Waals surface area contributed by atoms with Gasteiger partial charge in [0.15, 0.2) is 0 Å². The van der Waals surface area contributed by atoms with Crippen LogP contribution in [-0.4, -0.2) is 39.1 Å². The van der Waals surface area contributed by atoms with Gasteiger partial charge in [-0.05, 0) is 18.4 Å². The van der Waals surface area contributed by atoms with E-state index in [1.54, 1.807) is 11.3 Å². The molecule has 24 heavy (non-hydrogen) atoms. The van der Waals surface area contributed by atoms with Crippen molar-refractivity contribution >= 4 is 11.3 Å². The second-order valence-electron chi connectivity index (χ2n) is 6.09. The van der Waals surface area contributed by atoms with E-state index >= 15 is 0 Å². The number of rotatable bonds is 4. The summed E-state index contributed by atoms with van der Waals surface area (Å²) in [5, 5.41) is 5.51. The summed E-state index contributed by atoms with van der Waals surface area (Å²) in [6.45, 7) is 5.63. The molecule has 0 saturated carbocycles. The molecule has 1 unspecified atom stereocenters. The molecular weight excluding hydrogens is 322 g/mol. The molecule has 1 aliphatic rings. The minimum Gasteiger partial charge on any atom is -0.440 e. The van der Waals surface area contributed by atoms with Crippen molar-refractivity contribution in [2.24, 2.45) is 7.05 Å². The fourth-order valence-corrected chi connectivity index (χ4v) is 3.81. The van der Waals surface area contributed by atoms with Crippen molar-refractivity contribution in [1.82, 2.24) is 24.8 Å². The first-order chi connectivity index (χ1) is 11.7. The summed E-state index contributed by atoms with van der Waals surface area (Å²) in [6.07, 6.45) is 3.86. The second kappa shape index (κ2) is 6.51. The Kier molecular flexibility index (Phi) is 4.22. The van der Waals surface area contributed by atoms with Gasteiger partial charge in [0.25, 0.3) is 0 Å². The molecule has 1 aliphatic heterocycles. The van der Waals surface area contributed by atoms with E-state index in [0.717, 1.165) is 54.2 Å². The monoisotopic (exact) mass is 343 g/mol. The summed E-state index contributed by atoms with van der Waals surface area (Å²) >= 11 is 1.65. The molecule has 3 aromatic heterocycles. The number of aryl methyl sites for hydroxylation is 2. The molecule has 126 valence electrons. The molecule has 1 atom stereocenters. The number of thiophene rings is 1. The van der Waals surface area contributed by atoms with Gasteiger partial charge in [-0.2, -0.15) is 0 Å². The number of oxazole rings is 1. The van der Waals surface area contributed by atoms with Gasteiger partial charge in [0.1, 0.15) is 11.6 Å². The van der Waals surface area contributed by atoms with Crippen LogP contribution in [0.4, 0.5) is 0 Å². The van der Waals surface area contributed by atoms with Gasteiger partial charge in [-0.3, -0.25) is 4.90 Å². The zero-order chi connectivity index (χ0) is 16.5. The second-order valence-corrected chi connectivity index (χ2v) is 7.03. The molecule has 0 bridgehead atoms.